The van der Waals surface area contributed by atoms with E-state index in [0.29, 0.717) is 6.61 Å². The Morgan fingerprint density at radius 1 is 1.40 bits per heavy atom. The molecule has 90 valence electrons. The average Bonchev–Trinajstić information content (AvgIpc) is 2.24. The van der Waals surface area contributed by atoms with Crippen molar-refractivity contribution < 1.29 is 14.6 Å². The molecule has 1 N–H and O–H groups in total. The summed E-state index contributed by atoms with van der Waals surface area (Å²) in [4.78, 5) is 0. The van der Waals surface area contributed by atoms with E-state index in [1.165, 1.54) is 12.8 Å². The van der Waals surface area contributed by atoms with E-state index >= 15 is 0 Å². The highest BCUT2D eigenvalue weighted by Crippen LogP contribution is 2.06. The fourth-order valence-corrected chi connectivity index (χ4v) is 1.16. The largest absolute Gasteiger partial charge is 0.389 e. The average molecular weight is 216 g/mol. The fraction of sp³-hybridized carbons (Fsp3) is 0.833. The van der Waals surface area contributed by atoms with Gasteiger partial charge in [-0.1, -0.05) is 38.8 Å². The predicted molar refractivity (Wildman–Crippen MR) is 61.7 cm³/mol. The maximum atomic E-state index is 9.71. The van der Waals surface area contributed by atoms with Gasteiger partial charge in [-0.2, -0.15) is 0 Å². The van der Waals surface area contributed by atoms with E-state index in [-0.39, 0.29) is 12.7 Å². The second kappa shape index (κ2) is 10.1. The third-order valence-corrected chi connectivity index (χ3v) is 2.22. The van der Waals surface area contributed by atoms with E-state index < -0.39 is 6.10 Å². The maximum absolute atomic E-state index is 9.71. The second-order valence-electron chi connectivity index (χ2n) is 3.82. The minimum absolute atomic E-state index is 0.109. The van der Waals surface area contributed by atoms with Crippen molar-refractivity contribution >= 4 is 0 Å². The van der Waals surface area contributed by atoms with Gasteiger partial charge in [0.25, 0.3) is 0 Å². The molecule has 0 aliphatic carbocycles. The summed E-state index contributed by atoms with van der Waals surface area (Å²) in [5.41, 5.74) is 0. The van der Waals surface area contributed by atoms with E-state index in [4.69, 9.17) is 9.47 Å². The molecule has 0 unspecified atom stereocenters. The first-order chi connectivity index (χ1) is 7.22. The van der Waals surface area contributed by atoms with E-state index in [9.17, 15) is 5.11 Å². The monoisotopic (exact) mass is 216 g/mol. The van der Waals surface area contributed by atoms with Gasteiger partial charge >= 0.3 is 0 Å². The normalized spacial score (nSPS) is 15.7. The zero-order chi connectivity index (χ0) is 11.5. The van der Waals surface area contributed by atoms with Crippen LogP contribution in [-0.4, -0.2) is 31.7 Å². The first-order valence-corrected chi connectivity index (χ1v) is 5.63. The zero-order valence-electron chi connectivity index (χ0n) is 10.1. The molecular formula is C12H24O3. The molecule has 0 aliphatic heterocycles. The number of aliphatic hydroxyl groups excluding tert-OH is 1. The molecule has 0 amide bonds. The molecule has 0 bridgehead atoms. The lowest BCUT2D eigenvalue weighted by atomic mass is 10.1. The highest BCUT2D eigenvalue weighted by atomic mass is 16.7. The molecule has 0 aromatic carbocycles. The molecule has 0 saturated heterocycles. The van der Waals surface area contributed by atoms with Crippen LogP contribution in [0.2, 0.25) is 0 Å². The topological polar surface area (TPSA) is 38.7 Å². The van der Waals surface area contributed by atoms with Gasteiger partial charge < -0.3 is 14.6 Å². The quantitative estimate of drug-likeness (QED) is 0.365. The number of hydrogen-bond acceptors (Lipinski definition) is 3. The Bertz CT molecular complexity index is 157. The van der Waals surface area contributed by atoms with Crippen LogP contribution >= 0.6 is 0 Å². The molecule has 3 heteroatoms. The summed E-state index contributed by atoms with van der Waals surface area (Å²) < 4.78 is 9.94. The van der Waals surface area contributed by atoms with Crippen molar-refractivity contribution in [1.29, 1.82) is 0 Å². The molecule has 2 atom stereocenters. The molecule has 15 heavy (non-hydrogen) atoms. The maximum Gasteiger partial charge on any atom is 0.146 e. The zero-order valence-corrected chi connectivity index (χ0v) is 10.1. The van der Waals surface area contributed by atoms with Gasteiger partial charge in [0.1, 0.15) is 6.79 Å². The van der Waals surface area contributed by atoms with Gasteiger partial charge in [0, 0.05) is 13.0 Å². The Kier molecular flexibility index (Phi) is 9.89. The minimum Gasteiger partial charge on any atom is -0.389 e. The van der Waals surface area contributed by atoms with Crippen LogP contribution in [0.4, 0.5) is 0 Å². The lowest BCUT2D eigenvalue weighted by Gasteiger charge is -2.15. The molecule has 0 rings (SSSR count). The Hall–Kier alpha value is -0.380. The van der Waals surface area contributed by atoms with Gasteiger partial charge in [0.05, 0.1) is 12.7 Å². The van der Waals surface area contributed by atoms with Crippen LogP contribution in [0, 0.1) is 5.92 Å². The van der Waals surface area contributed by atoms with Crippen LogP contribution < -0.4 is 0 Å². The molecule has 0 saturated carbocycles. The number of methoxy groups -OCH3 is 1. The fourth-order valence-electron chi connectivity index (χ4n) is 1.16. The van der Waals surface area contributed by atoms with Crippen LogP contribution in [0.15, 0.2) is 12.2 Å². The van der Waals surface area contributed by atoms with Crippen LogP contribution in [-0.2, 0) is 9.47 Å². The summed E-state index contributed by atoms with van der Waals surface area (Å²) >= 11 is 0. The van der Waals surface area contributed by atoms with Gasteiger partial charge in [-0.05, 0) is 6.42 Å². The number of allylic oxidation sites excluding steroid dienone is 1. The number of aliphatic hydroxyl groups is 1. The Morgan fingerprint density at radius 3 is 2.73 bits per heavy atom. The molecule has 0 heterocycles. The van der Waals surface area contributed by atoms with E-state index in [1.807, 2.05) is 19.1 Å². The standard InChI is InChI=1S/C12H24O3/c1-4-5-6-7-8-12(13)11(2)9-15-10-14-3/h7-8,11-13H,4-6,9-10H2,1-3H3/b8-7-/t11-,12+/m1/s1. The summed E-state index contributed by atoms with van der Waals surface area (Å²) in [6.45, 7) is 4.93. The van der Waals surface area contributed by atoms with Crippen molar-refractivity contribution in [1.82, 2.24) is 0 Å². The Morgan fingerprint density at radius 2 is 2.13 bits per heavy atom. The highest BCUT2D eigenvalue weighted by molar-refractivity contribution is 4.90. The van der Waals surface area contributed by atoms with Gasteiger partial charge in [-0.25, -0.2) is 0 Å². The van der Waals surface area contributed by atoms with Crippen LogP contribution in [0.25, 0.3) is 0 Å². The molecule has 0 fully saturated rings. The summed E-state index contributed by atoms with van der Waals surface area (Å²) in [5.74, 6) is 0.109. The van der Waals surface area contributed by atoms with Crippen molar-refractivity contribution in [2.75, 3.05) is 20.5 Å². The first kappa shape index (κ1) is 14.6. The van der Waals surface area contributed by atoms with Gasteiger partial charge in [0.2, 0.25) is 0 Å². The Balaban J connectivity index is 3.58. The molecular weight excluding hydrogens is 192 g/mol. The SMILES string of the molecule is CCCC/C=C\[C@H](O)[C@H](C)COCOC. The van der Waals surface area contributed by atoms with Crippen LogP contribution in [0.3, 0.4) is 0 Å². The van der Waals surface area contributed by atoms with Gasteiger partial charge in [-0.15, -0.1) is 0 Å². The Labute approximate surface area is 93.1 Å². The number of hydrogen-bond donors (Lipinski definition) is 1. The van der Waals surface area contributed by atoms with Crippen molar-refractivity contribution in [3.8, 4) is 0 Å². The summed E-state index contributed by atoms with van der Waals surface area (Å²) in [7, 11) is 1.59. The van der Waals surface area contributed by atoms with Crippen molar-refractivity contribution in [2.45, 2.75) is 39.2 Å². The van der Waals surface area contributed by atoms with Crippen molar-refractivity contribution in [3.05, 3.63) is 12.2 Å². The lowest BCUT2D eigenvalue weighted by molar-refractivity contribution is -0.0524. The third kappa shape index (κ3) is 8.60. The molecule has 0 radical (unpaired) electrons. The molecule has 0 aromatic rings. The molecule has 0 aliphatic rings. The number of unbranched alkanes of at least 4 members (excludes halogenated alkanes) is 2. The molecule has 0 aromatic heterocycles. The number of ether oxygens (including phenoxy) is 2. The molecule has 3 nitrogen and oxygen atoms in total. The van der Waals surface area contributed by atoms with Gasteiger partial charge in [0.15, 0.2) is 0 Å². The first-order valence-electron chi connectivity index (χ1n) is 5.63. The van der Waals surface area contributed by atoms with Crippen LogP contribution in [0.5, 0.6) is 0 Å². The lowest BCUT2D eigenvalue weighted by Crippen LogP contribution is -2.20. The highest BCUT2D eigenvalue weighted by Gasteiger charge is 2.10. The smallest absolute Gasteiger partial charge is 0.146 e. The summed E-state index contributed by atoms with van der Waals surface area (Å²) in [6.07, 6.45) is 6.89. The van der Waals surface area contributed by atoms with Crippen molar-refractivity contribution in [3.63, 3.8) is 0 Å². The second-order valence-corrected chi connectivity index (χ2v) is 3.82. The molecule has 0 spiro atoms. The summed E-state index contributed by atoms with van der Waals surface area (Å²) in [6, 6.07) is 0. The number of rotatable bonds is 9. The van der Waals surface area contributed by atoms with E-state index in [0.717, 1.165) is 6.42 Å². The minimum atomic E-state index is -0.418. The van der Waals surface area contributed by atoms with Crippen molar-refractivity contribution in [2.24, 2.45) is 5.92 Å². The summed E-state index contributed by atoms with van der Waals surface area (Å²) in [5, 5.41) is 9.71. The van der Waals surface area contributed by atoms with E-state index in [2.05, 4.69) is 6.92 Å². The predicted octanol–water partition coefficient (Wildman–Crippen LogP) is 2.35. The third-order valence-electron chi connectivity index (χ3n) is 2.22. The van der Waals surface area contributed by atoms with E-state index in [1.54, 1.807) is 7.11 Å². The van der Waals surface area contributed by atoms with Crippen LogP contribution in [0.1, 0.15) is 33.1 Å². The van der Waals surface area contributed by atoms with Gasteiger partial charge in [-0.3, -0.25) is 0 Å².